The predicted octanol–water partition coefficient (Wildman–Crippen LogP) is 3.44. The van der Waals surface area contributed by atoms with Gasteiger partial charge in [-0.3, -0.25) is 14.9 Å². The highest BCUT2D eigenvalue weighted by molar-refractivity contribution is 6.01. The topological polar surface area (TPSA) is 108 Å². The molecule has 0 bridgehead atoms. The van der Waals surface area contributed by atoms with Gasteiger partial charge in [0.15, 0.2) is 0 Å². The van der Waals surface area contributed by atoms with Crippen molar-refractivity contribution in [3.8, 4) is 11.5 Å². The molecule has 8 nitrogen and oxygen atoms in total. The van der Waals surface area contributed by atoms with Crippen LogP contribution in [0.15, 0.2) is 66.7 Å². The first kappa shape index (κ1) is 19.3. The summed E-state index contributed by atoms with van der Waals surface area (Å²) in [5.74, 6) is -1.17. The lowest BCUT2D eigenvalue weighted by Gasteiger charge is -2.38. The molecule has 3 aromatic rings. The zero-order valence-electron chi connectivity index (χ0n) is 16.1. The van der Waals surface area contributed by atoms with Gasteiger partial charge in [0.25, 0.3) is 11.6 Å². The van der Waals surface area contributed by atoms with Crippen LogP contribution in [0.2, 0.25) is 0 Å². The third-order valence-electron chi connectivity index (χ3n) is 5.01. The molecule has 0 aliphatic carbocycles. The summed E-state index contributed by atoms with van der Waals surface area (Å²) in [5, 5.41) is 26.9. The monoisotopic (exact) mass is 404 g/mol. The van der Waals surface area contributed by atoms with E-state index in [4.69, 9.17) is 4.74 Å². The Morgan fingerprint density at radius 2 is 1.80 bits per heavy atom. The van der Waals surface area contributed by atoms with Gasteiger partial charge >= 0.3 is 0 Å². The number of nitro benzene ring substituents is 1. The number of para-hydroxylation sites is 1. The lowest BCUT2D eigenvalue weighted by Crippen LogP contribution is -2.42. The summed E-state index contributed by atoms with van der Waals surface area (Å²) < 4.78 is 5.07. The van der Waals surface area contributed by atoms with Crippen molar-refractivity contribution in [2.45, 2.75) is 12.7 Å². The molecule has 0 saturated carbocycles. The number of nitrogens with one attached hydrogen (secondary N) is 1. The highest BCUT2D eigenvalue weighted by atomic mass is 16.6. The number of hydrogen-bond acceptors (Lipinski definition) is 6. The molecule has 1 N–H and O–H groups in total. The van der Waals surface area contributed by atoms with Crippen LogP contribution in [0.5, 0.6) is 11.5 Å². The van der Waals surface area contributed by atoms with Gasteiger partial charge in [-0.2, -0.15) is 0 Å². The van der Waals surface area contributed by atoms with Crippen molar-refractivity contribution in [2.24, 2.45) is 0 Å². The maximum absolute atomic E-state index is 13.3. The number of rotatable bonds is 5. The minimum atomic E-state index is -0.802. The van der Waals surface area contributed by atoms with E-state index in [2.05, 4.69) is 5.32 Å². The molecule has 152 valence electrons. The summed E-state index contributed by atoms with van der Waals surface area (Å²) in [6.07, 6.45) is -0.721. The zero-order chi connectivity index (χ0) is 21.3. The van der Waals surface area contributed by atoms with Gasteiger partial charge in [-0.25, -0.2) is 0 Å². The fourth-order valence-corrected chi connectivity index (χ4v) is 3.55. The van der Waals surface area contributed by atoms with Crippen LogP contribution in [-0.4, -0.2) is 22.8 Å². The lowest BCUT2D eigenvalue weighted by molar-refractivity contribution is -0.398. The highest BCUT2D eigenvalue weighted by Crippen LogP contribution is 2.40. The summed E-state index contributed by atoms with van der Waals surface area (Å²) in [6, 6.07) is 19.1. The summed E-state index contributed by atoms with van der Waals surface area (Å²) in [4.78, 5) is 25.6. The number of nitrogens with zero attached hydrogens (tertiary/aromatic N) is 2. The van der Waals surface area contributed by atoms with E-state index < -0.39 is 22.5 Å². The molecule has 3 aromatic carbocycles. The number of hydrogen-bond donors (Lipinski definition) is 1. The number of fused-ring (bicyclic) bond motifs is 1. The molecule has 1 amide bonds. The molecule has 0 unspecified atom stereocenters. The van der Waals surface area contributed by atoms with Crippen LogP contribution in [0.3, 0.4) is 0 Å². The Kier molecular flexibility index (Phi) is 4.97. The zero-order valence-corrected chi connectivity index (χ0v) is 16.1. The van der Waals surface area contributed by atoms with Crippen molar-refractivity contribution in [3.05, 3.63) is 93.5 Å². The van der Waals surface area contributed by atoms with Crippen LogP contribution in [0, 0.1) is 10.1 Å². The smallest absolute Gasteiger partial charge is 0.265 e. The standard InChI is InChI=1S/C22H19N3O5/c1-30-19-12-15(11-18(20(19)26)25(28)29)21-23-17-10-6-5-9-16(17)22(27)24(21)13-14-7-3-2-4-8-14/h2-12,21,23,26H,13H2,1H3/p-1/t21-/m1/s1. The van der Waals surface area contributed by atoms with Gasteiger partial charge in [0, 0.05) is 29.6 Å². The third kappa shape index (κ3) is 3.39. The molecule has 1 atom stereocenters. The Morgan fingerprint density at radius 3 is 2.50 bits per heavy atom. The van der Waals surface area contributed by atoms with E-state index in [0.717, 1.165) is 5.56 Å². The number of methoxy groups -OCH3 is 1. The van der Waals surface area contributed by atoms with E-state index in [-0.39, 0.29) is 18.2 Å². The van der Waals surface area contributed by atoms with Crippen LogP contribution in [0.25, 0.3) is 0 Å². The van der Waals surface area contributed by atoms with E-state index >= 15 is 0 Å². The van der Waals surface area contributed by atoms with Gasteiger partial charge < -0.3 is 20.1 Å². The Hall–Kier alpha value is -4.07. The Labute approximate surface area is 172 Å². The van der Waals surface area contributed by atoms with Gasteiger partial charge in [-0.1, -0.05) is 42.5 Å². The molecule has 1 aliphatic heterocycles. The van der Waals surface area contributed by atoms with Gasteiger partial charge in [0.05, 0.1) is 17.6 Å². The van der Waals surface area contributed by atoms with Crippen LogP contribution in [0.1, 0.15) is 27.7 Å². The molecule has 1 aliphatic rings. The van der Waals surface area contributed by atoms with Crippen molar-refractivity contribution in [2.75, 3.05) is 12.4 Å². The molecule has 0 fully saturated rings. The molecule has 4 rings (SSSR count). The third-order valence-corrected chi connectivity index (χ3v) is 5.01. The molecular formula is C22H18N3O5-. The fourth-order valence-electron chi connectivity index (χ4n) is 3.55. The summed E-state index contributed by atoms with van der Waals surface area (Å²) >= 11 is 0. The molecular weight excluding hydrogens is 386 g/mol. The van der Waals surface area contributed by atoms with Crippen molar-refractivity contribution in [1.82, 2.24) is 4.90 Å². The van der Waals surface area contributed by atoms with E-state index in [0.29, 0.717) is 16.8 Å². The second-order valence-electron chi connectivity index (χ2n) is 6.84. The van der Waals surface area contributed by atoms with Crippen molar-refractivity contribution in [1.29, 1.82) is 0 Å². The van der Waals surface area contributed by atoms with E-state index in [1.165, 1.54) is 19.2 Å². The number of carbonyl (C=O) groups is 1. The van der Waals surface area contributed by atoms with Crippen LogP contribution in [0.4, 0.5) is 11.4 Å². The Morgan fingerprint density at radius 1 is 1.10 bits per heavy atom. The molecule has 0 radical (unpaired) electrons. The molecule has 0 spiro atoms. The van der Waals surface area contributed by atoms with Gasteiger partial charge in [-0.15, -0.1) is 0 Å². The number of benzene rings is 3. The number of anilines is 1. The predicted molar refractivity (Wildman–Crippen MR) is 108 cm³/mol. The van der Waals surface area contributed by atoms with Crippen molar-refractivity contribution < 1.29 is 19.6 Å². The van der Waals surface area contributed by atoms with E-state index in [1.807, 2.05) is 30.3 Å². The maximum atomic E-state index is 13.3. The second kappa shape index (κ2) is 7.75. The fraction of sp³-hybridized carbons (Fsp3) is 0.136. The van der Waals surface area contributed by atoms with Gasteiger partial charge in [-0.05, 0) is 23.8 Å². The molecule has 30 heavy (non-hydrogen) atoms. The second-order valence-corrected chi connectivity index (χ2v) is 6.84. The average molecular weight is 404 g/mol. The Balaban J connectivity index is 1.84. The number of amides is 1. The number of ether oxygens (including phenoxy) is 1. The minimum absolute atomic E-state index is 0.146. The van der Waals surface area contributed by atoms with Gasteiger partial charge in [0.2, 0.25) is 0 Å². The van der Waals surface area contributed by atoms with Gasteiger partial charge in [0.1, 0.15) is 11.9 Å². The number of carbonyl (C=O) groups excluding carboxylic acids is 1. The van der Waals surface area contributed by atoms with Crippen LogP contribution in [-0.2, 0) is 6.54 Å². The average Bonchev–Trinajstić information content (AvgIpc) is 2.76. The minimum Gasteiger partial charge on any atom is -0.865 e. The quantitative estimate of drug-likeness (QED) is 0.516. The number of nitro groups is 1. The molecule has 0 aromatic heterocycles. The first-order valence-corrected chi connectivity index (χ1v) is 9.23. The van der Waals surface area contributed by atoms with E-state index in [9.17, 15) is 20.0 Å². The largest absolute Gasteiger partial charge is 0.865 e. The summed E-state index contributed by atoms with van der Waals surface area (Å²) in [6.45, 7) is 0.279. The first-order chi connectivity index (χ1) is 14.5. The maximum Gasteiger partial charge on any atom is 0.265 e. The summed E-state index contributed by atoms with van der Waals surface area (Å²) in [5.41, 5.74) is 1.81. The van der Waals surface area contributed by atoms with Crippen molar-refractivity contribution in [3.63, 3.8) is 0 Å². The summed E-state index contributed by atoms with van der Waals surface area (Å²) in [7, 11) is 1.28. The van der Waals surface area contributed by atoms with Crippen LogP contribution < -0.4 is 15.2 Å². The first-order valence-electron chi connectivity index (χ1n) is 9.23. The van der Waals surface area contributed by atoms with Crippen LogP contribution >= 0.6 is 0 Å². The molecule has 8 heteroatoms. The lowest BCUT2D eigenvalue weighted by atomic mass is 10.0. The normalized spacial score (nSPS) is 15.3. The molecule has 1 heterocycles. The Bertz CT molecular complexity index is 1120. The van der Waals surface area contributed by atoms with E-state index in [1.54, 1.807) is 29.2 Å². The molecule has 0 saturated heterocycles. The van der Waals surface area contributed by atoms with Crippen molar-refractivity contribution >= 4 is 17.3 Å². The highest BCUT2D eigenvalue weighted by Gasteiger charge is 2.34. The SMILES string of the molecule is COc1cc([C@@H]2Nc3ccccc3C(=O)N2Cc2ccccc2)cc([N+](=O)[O-])c1[O-].